The van der Waals surface area contributed by atoms with Gasteiger partial charge in [-0.05, 0) is 30.4 Å². The molecule has 2 bridgehead atoms. The molecular formula is C20H22O2. The summed E-state index contributed by atoms with van der Waals surface area (Å²) >= 11 is 0. The average molecular weight is 294 g/mol. The topological polar surface area (TPSA) is 29.5 Å². The number of allylic oxidation sites excluding steroid dienone is 7. The number of fused-ring (bicyclic) bond motifs is 4. The summed E-state index contributed by atoms with van der Waals surface area (Å²) < 4.78 is 5.79. The van der Waals surface area contributed by atoms with Crippen molar-refractivity contribution < 1.29 is 9.84 Å². The monoisotopic (exact) mass is 294 g/mol. The summed E-state index contributed by atoms with van der Waals surface area (Å²) in [6, 6.07) is 0. The lowest BCUT2D eigenvalue weighted by molar-refractivity contribution is 0.403. The molecular weight excluding hydrogens is 272 g/mol. The lowest BCUT2D eigenvalue weighted by atomic mass is 9.88. The molecule has 1 aromatic carbocycles. The van der Waals surface area contributed by atoms with Crippen molar-refractivity contribution in [3.05, 3.63) is 58.2 Å². The minimum Gasteiger partial charge on any atom is -0.507 e. The Morgan fingerprint density at radius 2 is 1.77 bits per heavy atom. The number of ether oxygens (including phenoxy) is 1. The molecule has 0 radical (unpaired) electrons. The molecule has 0 aromatic heterocycles. The van der Waals surface area contributed by atoms with Gasteiger partial charge in [0.1, 0.15) is 11.5 Å². The smallest absolute Gasteiger partial charge is 0.130 e. The Balaban J connectivity index is 2.40. The Kier molecular flexibility index (Phi) is 3.93. The fourth-order valence-electron chi connectivity index (χ4n) is 3.46. The molecule has 2 heteroatoms. The minimum absolute atomic E-state index is 0.406. The summed E-state index contributed by atoms with van der Waals surface area (Å²) in [5.74, 6) is 1.32. The first-order chi connectivity index (χ1) is 10.7. The van der Waals surface area contributed by atoms with Crippen LogP contribution in [0.2, 0.25) is 0 Å². The van der Waals surface area contributed by atoms with Crippen LogP contribution in [-0.4, -0.2) is 12.2 Å². The number of phenols is 1. The number of hydrogen-bond acceptors (Lipinski definition) is 2. The molecule has 0 fully saturated rings. The van der Waals surface area contributed by atoms with E-state index in [1.54, 1.807) is 7.11 Å². The molecule has 0 saturated carbocycles. The molecule has 22 heavy (non-hydrogen) atoms. The van der Waals surface area contributed by atoms with E-state index in [-0.39, 0.29) is 0 Å². The Bertz CT molecular complexity index is 731. The predicted octanol–water partition coefficient (Wildman–Crippen LogP) is 4.82. The Morgan fingerprint density at radius 3 is 2.45 bits per heavy atom. The van der Waals surface area contributed by atoms with Crippen molar-refractivity contribution in [1.29, 1.82) is 0 Å². The standard InChI is InChI=1S/C20H22O2/c1-4-15-16(5-2)20(22-3)18-14-9-7-6-8-13(12-14)10-11-17(18)19(15)21/h6-11,21H,4-5,12H2,1-3H3. The first kappa shape index (κ1) is 14.7. The molecule has 0 spiro atoms. The fourth-order valence-corrected chi connectivity index (χ4v) is 3.46. The fraction of sp³-hybridized carbons (Fsp3) is 0.300. The third-order valence-electron chi connectivity index (χ3n) is 4.49. The van der Waals surface area contributed by atoms with E-state index in [0.717, 1.165) is 47.3 Å². The number of rotatable bonds is 3. The highest BCUT2D eigenvalue weighted by atomic mass is 16.5. The molecule has 0 unspecified atom stereocenters. The number of hydrogen-bond donors (Lipinski definition) is 1. The molecule has 2 nitrogen and oxygen atoms in total. The van der Waals surface area contributed by atoms with Crippen LogP contribution < -0.4 is 4.74 Å². The molecule has 0 saturated heterocycles. The van der Waals surface area contributed by atoms with Crippen LogP contribution in [0.15, 0.2) is 36.0 Å². The number of aromatic hydroxyl groups is 1. The van der Waals surface area contributed by atoms with Gasteiger partial charge in [-0.1, -0.05) is 50.3 Å². The maximum Gasteiger partial charge on any atom is 0.130 e. The second kappa shape index (κ2) is 5.88. The summed E-state index contributed by atoms with van der Waals surface area (Å²) in [5, 5.41) is 10.8. The van der Waals surface area contributed by atoms with Gasteiger partial charge in [0.15, 0.2) is 0 Å². The van der Waals surface area contributed by atoms with Crippen molar-refractivity contribution in [2.45, 2.75) is 33.1 Å². The van der Waals surface area contributed by atoms with Crippen LogP contribution in [0.1, 0.15) is 42.5 Å². The largest absolute Gasteiger partial charge is 0.507 e. The van der Waals surface area contributed by atoms with Crippen LogP contribution in [0.25, 0.3) is 11.6 Å². The highest BCUT2D eigenvalue weighted by Crippen LogP contribution is 2.46. The highest BCUT2D eigenvalue weighted by molar-refractivity contribution is 5.88. The summed E-state index contributed by atoms with van der Waals surface area (Å²) in [5.41, 5.74) is 6.49. The molecule has 0 aliphatic heterocycles. The highest BCUT2D eigenvalue weighted by Gasteiger charge is 2.25. The van der Waals surface area contributed by atoms with E-state index < -0.39 is 0 Å². The molecule has 0 amide bonds. The lowest BCUT2D eigenvalue weighted by Gasteiger charge is -2.21. The Hall–Kier alpha value is -2.22. The van der Waals surface area contributed by atoms with Gasteiger partial charge in [0.05, 0.1) is 7.11 Å². The summed E-state index contributed by atoms with van der Waals surface area (Å²) in [7, 11) is 1.73. The zero-order valence-electron chi connectivity index (χ0n) is 13.4. The van der Waals surface area contributed by atoms with Gasteiger partial charge in [-0.2, -0.15) is 0 Å². The maximum absolute atomic E-state index is 10.8. The first-order valence-corrected chi connectivity index (χ1v) is 7.90. The Morgan fingerprint density at radius 1 is 1.05 bits per heavy atom. The minimum atomic E-state index is 0.406. The maximum atomic E-state index is 10.8. The second-order valence-corrected chi connectivity index (χ2v) is 5.66. The zero-order chi connectivity index (χ0) is 15.7. The molecule has 3 rings (SSSR count). The molecule has 0 heterocycles. The van der Waals surface area contributed by atoms with E-state index in [0.29, 0.717) is 5.75 Å². The van der Waals surface area contributed by atoms with E-state index in [1.807, 2.05) is 6.08 Å². The van der Waals surface area contributed by atoms with Crippen LogP contribution in [0.3, 0.4) is 0 Å². The van der Waals surface area contributed by atoms with Crippen LogP contribution in [0.5, 0.6) is 11.5 Å². The van der Waals surface area contributed by atoms with Crippen molar-refractivity contribution in [1.82, 2.24) is 0 Å². The van der Waals surface area contributed by atoms with Crippen molar-refractivity contribution in [2.24, 2.45) is 0 Å². The second-order valence-electron chi connectivity index (χ2n) is 5.66. The van der Waals surface area contributed by atoms with Crippen LogP contribution in [-0.2, 0) is 12.8 Å². The van der Waals surface area contributed by atoms with Gasteiger partial charge in [0.25, 0.3) is 0 Å². The van der Waals surface area contributed by atoms with E-state index in [2.05, 4.69) is 44.2 Å². The normalized spacial score (nSPS) is 15.6. The van der Waals surface area contributed by atoms with Crippen molar-refractivity contribution in [3.63, 3.8) is 0 Å². The van der Waals surface area contributed by atoms with Gasteiger partial charge in [-0.15, -0.1) is 0 Å². The van der Waals surface area contributed by atoms with E-state index in [9.17, 15) is 5.11 Å². The molecule has 1 N–H and O–H groups in total. The summed E-state index contributed by atoms with van der Waals surface area (Å²) in [6.07, 6.45) is 15.0. The summed E-state index contributed by atoms with van der Waals surface area (Å²) in [4.78, 5) is 0. The van der Waals surface area contributed by atoms with E-state index in [4.69, 9.17) is 4.74 Å². The molecule has 1 aromatic rings. The van der Waals surface area contributed by atoms with Crippen LogP contribution >= 0.6 is 0 Å². The number of methoxy groups -OCH3 is 1. The van der Waals surface area contributed by atoms with Crippen molar-refractivity contribution in [2.75, 3.05) is 7.11 Å². The molecule has 2 aliphatic rings. The van der Waals surface area contributed by atoms with Crippen LogP contribution in [0, 0.1) is 0 Å². The van der Waals surface area contributed by atoms with Crippen molar-refractivity contribution >= 4 is 11.6 Å². The molecule has 0 atom stereocenters. The SMILES string of the molecule is CCc1c(O)c2c(c(OC)c1CC)C1=CC=CC=C(C=C2)C1. The lowest BCUT2D eigenvalue weighted by Crippen LogP contribution is -2.04. The number of benzene rings is 1. The third kappa shape index (κ3) is 2.19. The quantitative estimate of drug-likeness (QED) is 0.866. The zero-order valence-corrected chi connectivity index (χ0v) is 13.4. The number of phenolic OH excluding ortho intramolecular Hbond substituents is 1. The predicted molar refractivity (Wildman–Crippen MR) is 92.3 cm³/mol. The first-order valence-electron chi connectivity index (χ1n) is 7.90. The van der Waals surface area contributed by atoms with Gasteiger partial charge < -0.3 is 9.84 Å². The molecule has 114 valence electrons. The third-order valence-corrected chi connectivity index (χ3v) is 4.49. The van der Waals surface area contributed by atoms with Gasteiger partial charge in [0.2, 0.25) is 0 Å². The van der Waals surface area contributed by atoms with Gasteiger partial charge in [0, 0.05) is 22.3 Å². The molecule has 2 aliphatic carbocycles. The van der Waals surface area contributed by atoms with Gasteiger partial charge in [-0.3, -0.25) is 0 Å². The van der Waals surface area contributed by atoms with Gasteiger partial charge in [-0.25, -0.2) is 0 Å². The van der Waals surface area contributed by atoms with Crippen molar-refractivity contribution in [3.8, 4) is 11.5 Å². The summed E-state index contributed by atoms with van der Waals surface area (Å²) in [6.45, 7) is 4.19. The van der Waals surface area contributed by atoms with Gasteiger partial charge >= 0.3 is 0 Å². The van der Waals surface area contributed by atoms with E-state index >= 15 is 0 Å². The van der Waals surface area contributed by atoms with Crippen LogP contribution in [0.4, 0.5) is 0 Å². The Labute approximate surface area is 132 Å². The van der Waals surface area contributed by atoms with E-state index in [1.165, 1.54) is 11.1 Å². The average Bonchev–Trinajstić information content (AvgIpc) is 2.87.